The van der Waals surface area contributed by atoms with Gasteiger partial charge in [-0.2, -0.15) is 0 Å². The van der Waals surface area contributed by atoms with Gasteiger partial charge in [0.25, 0.3) is 0 Å². The number of nitrogens with zero attached hydrogens (tertiary/aromatic N) is 2. The number of hydrogen-bond acceptors (Lipinski definition) is 3. The minimum atomic E-state index is -0.664. The van der Waals surface area contributed by atoms with E-state index in [0.717, 1.165) is 49.9 Å². The minimum absolute atomic E-state index is 0.216. The van der Waals surface area contributed by atoms with Crippen LogP contribution in [0.2, 0.25) is 0 Å². The summed E-state index contributed by atoms with van der Waals surface area (Å²) in [7, 11) is 0. The van der Waals surface area contributed by atoms with Gasteiger partial charge in [-0.3, -0.25) is 14.8 Å². The van der Waals surface area contributed by atoms with Crippen molar-refractivity contribution in [2.45, 2.75) is 77.7 Å². The lowest BCUT2D eigenvalue weighted by Crippen LogP contribution is -2.18. The summed E-state index contributed by atoms with van der Waals surface area (Å²) in [4.78, 5) is 20.7. The van der Waals surface area contributed by atoms with E-state index in [1.54, 1.807) is 0 Å². The van der Waals surface area contributed by atoms with Crippen molar-refractivity contribution in [3.8, 4) is 0 Å². The van der Waals surface area contributed by atoms with Crippen molar-refractivity contribution in [1.29, 1.82) is 0 Å². The molecule has 174 valence electrons. The van der Waals surface area contributed by atoms with Crippen LogP contribution in [0.3, 0.4) is 0 Å². The van der Waals surface area contributed by atoms with Gasteiger partial charge in [0.1, 0.15) is 0 Å². The summed E-state index contributed by atoms with van der Waals surface area (Å²) in [6.07, 6.45) is 15.1. The first kappa shape index (κ1) is 23.4. The van der Waals surface area contributed by atoms with Crippen LogP contribution < -0.4 is 0 Å². The number of carboxylic acids is 1. The Morgan fingerprint density at radius 1 is 1.12 bits per heavy atom. The number of hydrogen-bond donors (Lipinski definition) is 1. The van der Waals surface area contributed by atoms with Gasteiger partial charge in [-0.1, -0.05) is 55.0 Å². The Morgan fingerprint density at radius 3 is 2.48 bits per heavy atom. The molecule has 4 nitrogen and oxygen atoms in total. The standard InChI is InChI=1S/C29H36N2O2/c1-19-4-5-20(2)28(16-19)31-21(3)26-14-15-27(30-18-26)25-12-10-24(11-13-25)23-8-6-22(7-9-23)17-29(32)33/h4-5,10-13,16,18,20,22-23,28H,6-9,14-15,17H2,1-3H3,(H,32,33). The third-order valence-electron chi connectivity index (χ3n) is 7.48. The summed E-state index contributed by atoms with van der Waals surface area (Å²) in [6.45, 7) is 6.46. The molecule has 1 aromatic carbocycles. The second-order valence-corrected chi connectivity index (χ2v) is 10.0. The molecule has 0 radical (unpaired) electrons. The maximum absolute atomic E-state index is 11.0. The fraction of sp³-hybridized carbons (Fsp3) is 0.483. The van der Waals surface area contributed by atoms with Crippen molar-refractivity contribution >= 4 is 17.4 Å². The highest BCUT2D eigenvalue weighted by Crippen LogP contribution is 2.37. The maximum atomic E-state index is 11.0. The molecule has 0 bridgehead atoms. The van der Waals surface area contributed by atoms with Crippen molar-refractivity contribution in [3.63, 3.8) is 0 Å². The lowest BCUT2D eigenvalue weighted by atomic mass is 9.77. The molecule has 0 aromatic heterocycles. The Balaban J connectivity index is 1.38. The summed E-state index contributed by atoms with van der Waals surface area (Å²) < 4.78 is 0. The molecule has 2 unspecified atom stereocenters. The molecular formula is C29H36N2O2. The van der Waals surface area contributed by atoms with Crippen LogP contribution in [0.5, 0.6) is 0 Å². The monoisotopic (exact) mass is 444 g/mol. The lowest BCUT2D eigenvalue weighted by molar-refractivity contribution is -0.138. The van der Waals surface area contributed by atoms with E-state index in [1.807, 2.05) is 6.20 Å². The van der Waals surface area contributed by atoms with Crippen LogP contribution in [0.4, 0.5) is 0 Å². The van der Waals surface area contributed by atoms with Gasteiger partial charge in [0.05, 0.1) is 6.04 Å². The molecule has 0 amide bonds. The fourth-order valence-electron chi connectivity index (χ4n) is 5.28. The van der Waals surface area contributed by atoms with Crippen LogP contribution in [0.25, 0.3) is 0 Å². The van der Waals surface area contributed by atoms with E-state index in [1.165, 1.54) is 22.3 Å². The fourth-order valence-corrected chi connectivity index (χ4v) is 5.28. The highest BCUT2D eigenvalue weighted by atomic mass is 16.4. The van der Waals surface area contributed by atoms with Crippen molar-refractivity contribution < 1.29 is 9.90 Å². The Morgan fingerprint density at radius 2 is 1.85 bits per heavy atom. The molecule has 1 heterocycles. The van der Waals surface area contributed by atoms with Crippen LogP contribution in [-0.2, 0) is 4.79 Å². The van der Waals surface area contributed by atoms with E-state index in [2.05, 4.69) is 63.3 Å². The molecule has 2 aliphatic carbocycles. The SMILES string of the molecule is CC1=CC(N=C(C)C2=CN=C(c3ccc(C4CCC(CC(=O)O)CC4)cc3)CC2)C(C)C=C1. The molecule has 3 aliphatic rings. The molecule has 1 N–H and O–H groups in total. The zero-order valence-corrected chi connectivity index (χ0v) is 20.1. The van der Waals surface area contributed by atoms with Gasteiger partial charge < -0.3 is 5.11 Å². The molecule has 4 heteroatoms. The van der Waals surface area contributed by atoms with E-state index in [9.17, 15) is 4.79 Å². The molecule has 0 saturated heterocycles. The summed E-state index contributed by atoms with van der Waals surface area (Å²) in [5.74, 6) is 0.665. The largest absolute Gasteiger partial charge is 0.481 e. The van der Waals surface area contributed by atoms with Crippen LogP contribution in [0, 0.1) is 11.8 Å². The first-order valence-corrected chi connectivity index (χ1v) is 12.4. The van der Waals surface area contributed by atoms with E-state index in [4.69, 9.17) is 15.1 Å². The van der Waals surface area contributed by atoms with Gasteiger partial charge in [0, 0.05) is 30.0 Å². The third kappa shape index (κ3) is 5.98. The maximum Gasteiger partial charge on any atom is 0.303 e. The van der Waals surface area contributed by atoms with Gasteiger partial charge in [-0.05, 0) is 80.9 Å². The predicted octanol–water partition coefficient (Wildman–Crippen LogP) is 6.88. The zero-order valence-electron chi connectivity index (χ0n) is 20.1. The number of aliphatic imine (C=N–C) groups is 2. The van der Waals surface area contributed by atoms with Crippen molar-refractivity contribution in [2.24, 2.45) is 21.8 Å². The Bertz CT molecular complexity index is 1020. The minimum Gasteiger partial charge on any atom is -0.481 e. The highest BCUT2D eigenvalue weighted by molar-refractivity contribution is 6.05. The van der Waals surface area contributed by atoms with Crippen LogP contribution in [0.15, 0.2) is 69.8 Å². The van der Waals surface area contributed by atoms with Gasteiger partial charge in [-0.25, -0.2) is 0 Å². The van der Waals surface area contributed by atoms with E-state index < -0.39 is 5.97 Å². The molecule has 4 rings (SSSR count). The molecule has 0 spiro atoms. The summed E-state index contributed by atoms with van der Waals surface area (Å²) in [6, 6.07) is 9.13. The van der Waals surface area contributed by atoms with Crippen LogP contribution >= 0.6 is 0 Å². The average Bonchev–Trinajstić information content (AvgIpc) is 2.82. The van der Waals surface area contributed by atoms with Gasteiger partial charge >= 0.3 is 5.97 Å². The number of benzene rings is 1. The number of carbonyl (C=O) groups is 1. The zero-order chi connectivity index (χ0) is 23.4. The number of aliphatic carboxylic acids is 1. The molecule has 1 aromatic rings. The molecule has 2 atom stereocenters. The first-order valence-electron chi connectivity index (χ1n) is 12.4. The summed E-state index contributed by atoms with van der Waals surface area (Å²) >= 11 is 0. The van der Waals surface area contributed by atoms with E-state index >= 15 is 0 Å². The van der Waals surface area contributed by atoms with Crippen LogP contribution in [0.1, 0.15) is 82.8 Å². The third-order valence-corrected chi connectivity index (χ3v) is 7.48. The molecule has 33 heavy (non-hydrogen) atoms. The number of rotatable bonds is 6. The van der Waals surface area contributed by atoms with Gasteiger partial charge in [0.15, 0.2) is 0 Å². The predicted molar refractivity (Wildman–Crippen MR) is 136 cm³/mol. The van der Waals surface area contributed by atoms with E-state index in [-0.39, 0.29) is 6.04 Å². The normalized spacial score (nSPS) is 28.1. The molecule has 1 saturated carbocycles. The topological polar surface area (TPSA) is 62.0 Å². The summed E-state index contributed by atoms with van der Waals surface area (Å²) in [5, 5.41) is 9.02. The smallest absolute Gasteiger partial charge is 0.303 e. The molecule has 1 fully saturated rings. The Labute approximate surface area is 197 Å². The van der Waals surface area contributed by atoms with Crippen molar-refractivity contribution in [2.75, 3.05) is 0 Å². The lowest BCUT2D eigenvalue weighted by Gasteiger charge is -2.28. The Hall–Kier alpha value is -2.75. The average molecular weight is 445 g/mol. The quantitative estimate of drug-likeness (QED) is 0.486. The second-order valence-electron chi connectivity index (χ2n) is 10.0. The second kappa shape index (κ2) is 10.5. The number of carboxylic acid groups (broad SMARTS) is 1. The summed E-state index contributed by atoms with van der Waals surface area (Å²) in [5.41, 5.74) is 7.34. The van der Waals surface area contributed by atoms with Crippen molar-refractivity contribution in [3.05, 3.63) is 71.0 Å². The number of allylic oxidation sites excluding steroid dienone is 3. The Kier molecular flexibility index (Phi) is 7.42. The van der Waals surface area contributed by atoms with Gasteiger partial charge in [-0.15, -0.1) is 0 Å². The van der Waals surface area contributed by atoms with Gasteiger partial charge in [0.2, 0.25) is 0 Å². The molecular weight excluding hydrogens is 408 g/mol. The van der Waals surface area contributed by atoms with Crippen LogP contribution in [-0.4, -0.2) is 28.5 Å². The first-order chi connectivity index (χ1) is 15.9. The molecule has 1 aliphatic heterocycles. The van der Waals surface area contributed by atoms with Crippen molar-refractivity contribution in [1.82, 2.24) is 0 Å². The highest BCUT2D eigenvalue weighted by Gasteiger charge is 2.24. The van der Waals surface area contributed by atoms with E-state index in [0.29, 0.717) is 24.2 Å².